The fraction of sp³-hybridized carbons (Fsp3) is 0.182. The standard InChI is InChI=1S/C22H22N/c1-3-13-23(2)15-19-14-18-11-7-8-12-20(18)22(21(19)16-23)17-9-5-4-6-10-17/h3-12,14H,1,13,15-16H2,2H3/q+1. The Bertz CT molecular complexity index is 879. The quantitative estimate of drug-likeness (QED) is 0.463. The van der Waals surface area contributed by atoms with Gasteiger partial charge in [0.15, 0.2) is 0 Å². The van der Waals surface area contributed by atoms with Crippen molar-refractivity contribution in [1.29, 1.82) is 0 Å². The zero-order chi connectivity index (χ0) is 15.9. The van der Waals surface area contributed by atoms with Crippen molar-refractivity contribution >= 4 is 10.8 Å². The van der Waals surface area contributed by atoms with E-state index in [4.69, 9.17) is 0 Å². The molecular formula is C22H22N+. The van der Waals surface area contributed by atoms with Crippen LogP contribution in [0.3, 0.4) is 0 Å². The SMILES string of the molecule is C=CC[N+]1(C)Cc2cc3ccccc3c(-c3ccccc3)c2C1. The molecule has 1 unspecified atom stereocenters. The normalized spacial score (nSPS) is 19.7. The maximum Gasteiger partial charge on any atom is 0.106 e. The van der Waals surface area contributed by atoms with Gasteiger partial charge in [0.25, 0.3) is 0 Å². The van der Waals surface area contributed by atoms with Gasteiger partial charge in [-0.2, -0.15) is 0 Å². The summed E-state index contributed by atoms with van der Waals surface area (Å²) in [6, 6.07) is 22.0. The fourth-order valence-electron chi connectivity index (χ4n) is 3.99. The van der Waals surface area contributed by atoms with E-state index in [0.717, 1.165) is 24.1 Å². The molecular weight excluding hydrogens is 278 g/mol. The molecule has 0 N–H and O–H groups in total. The van der Waals surface area contributed by atoms with E-state index in [-0.39, 0.29) is 0 Å². The third-order valence-electron chi connectivity index (χ3n) is 4.97. The van der Waals surface area contributed by atoms with Gasteiger partial charge in [-0.15, -0.1) is 0 Å². The van der Waals surface area contributed by atoms with Crippen LogP contribution >= 0.6 is 0 Å². The minimum Gasteiger partial charge on any atom is -0.315 e. The van der Waals surface area contributed by atoms with Crippen molar-refractivity contribution in [2.24, 2.45) is 0 Å². The molecule has 0 radical (unpaired) electrons. The van der Waals surface area contributed by atoms with Crippen molar-refractivity contribution in [2.75, 3.05) is 13.6 Å². The number of nitrogens with zero attached hydrogens (tertiary/aromatic N) is 1. The summed E-state index contributed by atoms with van der Waals surface area (Å²) in [7, 11) is 2.33. The fourth-order valence-corrected chi connectivity index (χ4v) is 3.99. The summed E-state index contributed by atoms with van der Waals surface area (Å²) in [5, 5.41) is 2.71. The number of rotatable bonds is 3. The lowest BCUT2D eigenvalue weighted by molar-refractivity contribution is -0.923. The zero-order valence-electron chi connectivity index (χ0n) is 13.6. The smallest absolute Gasteiger partial charge is 0.106 e. The number of likely N-dealkylation sites (N-methyl/N-ethyl adjacent to an activating group) is 1. The number of hydrogen-bond acceptors (Lipinski definition) is 0. The van der Waals surface area contributed by atoms with Gasteiger partial charge < -0.3 is 4.48 Å². The number of fused-ring (bicyclic) bond motifs is 2. The summed E-state index contributed by atoms with van der Waals surface area (Å²) in [6.07, 6.45) is 2.05. The molecule has 1 aliphatic rings. The van der Waals surface area contributed by atoms with Gasteiger partial charge in [0.1, 0.15) is 13.1 Å². The third kappa shape index (κ3) is 2.38. The lowest BCUT2D eigenvalue weighted by atomic mass is 9.91. The molecule has 0 fully saturated rings. The van der Waals surface area contributed by atoms with Gasteiger partial charge in [-0.3, -0.25) is 0 Å². The first-order chi connectivity index (χ1) is 11.2. The molecule has 0 spiro atoms. The average molecular weight is 300 g/mol. The van der Waals surface area contributed by atoms with E-state index < -0.39 is 0 Å². The van der Waals surface area contributed by atoms with E-state index in [1.807, 2.05) is 6.08 Å². The Morgan fingerprint density at radius 2 is 1.74 bits per heavy atom. The van der Waals surface area contributed by atoms with Gasteiger partial charge >= 0.3 is 0 Å². The first-order valence-electron chi connectivity index (χ1n) is 8.23. The summed E-state index contributed by atoms with van der Waals surface area (Å²) in [5.74, 6) is 0. The van der Waals surface area contributed by atoms with Crippen molar-refractivity contribution in [3.63, 3.8) is 0 Å². The van der Waals surface area contributed by atoms with Gasteiger partial charge in [0.05, 0.1) is 13.6 Å². The number of quaternary nitrogens is 1. The summed E-state index contributed by atoms with van der Waals surface area (Å²) in [4.78, 5) is 0. The zero-order valence-corrected chi connectivity index (χ0v) is 13.6. The predicted molar refractivity (Wildman–Crippen MR) is 98.0 cm³/mol. The van der Waals surface area contributed by atoms with E-state index in [9.17, 15) is 0 Å². The van der Waals surface area contributed by atoms with Gasteiger partial charge in [-0.25, -0.2) is 0 Å². The number of benzene rings is 3. The molecule has 1 heteroatoms. The second kappa shape index (κ2) is 5.36. The molecule has 114 valence electrons. The van der Waals surface area contributed by atoms with Crippen LogP contribution in [0, 0.1) is 0 Å². The molecule has 1 nitrogen and oxygen atoms in total. The minimum atomic E-state index is 1.01. The van der Waals surface area contributed by atoms with Gasteiger partial charge in [-0.1, -0.05) is 61.2 Å². The molecule has 1 atom stereocenters. The second-order valence-corrected chi connectivity index (χ2v) is 6.88. The van der Waals surface area contributed by atoms with Crippen molar-refractivity contribution in [3.05, 3.63) is 84.4 Å². The largest absolute Gasteiger partial charge is 0.315 e. The Balaban J connectivity index is 2.00. The molecule has 4 rings (SSSR count). The molecule has 3 aromatic carbocycles. The van der Waals surface area contributed by atoms with Gasteiger partial charge in [-0.05, 0) is 34.0 Å². The summed E-state index contributed by atoms with van der Waals surface area (Å²) in [6.45, 7) is 7.13. The van der Waals surface area contributed by atoms with Crippen LogP contribution in [-0.4, -0.2) is 18.1 Å². The molecule has 0 aromatic heterocycles. The molecule has 1 heterocycles. The first kappa shape index (κ1) is 14.2. The average Bonchev–Trinajstić information content (AvgIpc) is 2.89. The van der Waals surface area contributed by atoms with Crippen LogP contribution in [0.25, 0.3) is 21.9 Å². The van der Waals surface area contributed by atoms with Crippen LogP contribution in [0.1, 0.15) is 11.1 Å². The highest BCUT2D eigenvalue weighted by Crippen LogP contribution is 2.40. The monoisotopic (exact) mass is 300 g/mol. The first-order valence-corrected chi connectivity index (χ1v) is 8.23. The van der Waals surface area contributed by atoms with Crippen LogP contribution in [0.15, 0.2) is 73.3 Å². The van der Waals surface area contributed by atoms with Crippen LogP contribution < -0.4 is 0 Å². The van der Waals surface area contributed by atoms with Crippen LogP contribution in [0.2, 0.25) is 0 Å². The third-order valence-corrected chi connectivity index (χ3v) is 4.97. The Labute approximate surface area is 138 Å². The lowest BCUT2D eigenvalue weighted by Gasteiger charge is -2.27. The highest BCUT2D eigenvalue weighted by molar-refractivity contribution is 5.99. The van der Waals surface area contributed by atoms with E-state index in [2.05, 4.69) is 74.3 Å². The second-order valence-electron chi connectivity index (χ2n) is 6.88. The van der Waals surface area contributed by atoms with Gasteiger partial charge in [0, 0.05) is 11.1 Å². The summed E-state index contributed by atoms with van der Waals surface area (Å²) < 4.78 is 1.02. The van der Waals surface area contributed by atoms with Crippen molar-refractivity contribution in [2.45, 2.75) is 13.1 Å². The molecule has 0 bridgehead atoms. The topological polar surface area (TPSA) is 0 Å². The van der Waals surface area contributed by atoms with Crippen LogP contribution in [0.4, 0.5) is 0 Å². The highest BCUT2D eigenvalue weighted by Gasteiger charge is 2.33. The minimum absolute atomic E-state index is 1.01. The summed E-state index contributed by atoms with van der Waals surface area (Å²) in [5.41, 5.74) is 5.75. The van der Waals surface area contributed by atoms with Gasteiger partial charge in [0.2, 0.25) is 0 Å². The van der Waals surface area contributed by atoms with Crippen molar-refractivity contribution in [1.82, 2.24) is 0 Å². The molecule has 0 saturated carbocycles. The van der Waals surface area contributed by atoms with E-state index in [1.54, 1.807) is 0 Å². The molecule has 1 aliphatic heterocycles. The lowest BCUT2D eigenvalue weighted by Crippen LogP contribution is -2.38. The molecule has 23 heavy (non-hydrogen) atoms. The van der Waals surface area contributed by atoms with E-state index in [1.165, 1.54) is 33.0 Å². The maximum absolute atomic E-state index is 3.95. The molecule has 0 amide bonds. The van der Waals surface area contributed by atoms with Crippen molar-refractivity contribution in [3.8, 4) is 11.1 Å². The Morgan fingerprint density at radius 1 is 1.00 bits per heavy atom. The molecule has 0 aliphatic carbocycles. The van der Waals surface area contributed by atoms with Crippen molar-refractivity contribution < 1.29 is 4.48 Å². The van der Waals surface area contributed by atoms with E-state index in [0.29, 0.717) is 0 Å². The van der Waals surface area contributed by atoms with Crippen LogP contribution in [-0.2, 0) is 13.1 Å². The van der Waals surface area contributed by atoms with E-state index >= 15 is 0 Å². The summed E-state index contributed by atoms with van der Waals surface area (Å²) >= 11 is 0. The Morgan fingerprint density at radius 3 is 2.52 bits per heavy atom. The highest BCUT2D eigenvalue weighted by atomic mass is 15.3. The molecule has 3 aromatic rings. The maximum atomic E-state index is 3.95. The predicted octanol–water partition coefficient (Wildman–Crippen LogP) is 5.15. The Hall–Kier alpha value is -2.38. The number of hydrogen-bond donors (Lipinski definition) is 0. The Kier molecular flexibility index (Phi) is 3.32. The molecule has 0 saturated heterocycles. The van der Waals surface area contributed by atoms with Crippen LogP contribution in [0.5, 0.6) is 0 Å².